The van der Waals surface area contributed by atoms with Gasteiger partial charge in [-0.3, -0.25) is 9.69 Å². The van der Waals surface area contributed by atoms with Crippen molar-refractivity contribution in [1.82, 2.24) is 9.80 Å². The normalized spacial score (nSPS) is 31.1. The summed E-state index contributed by atoms with van der Waals surface area (Å²) < 4.78 is 14.1. The molecule has 2 bridgehead atoms. The van der Waals surface area contributed by atoms with Gasteiger partial charge in [0, 0.05) is 24.1 Å². The zero-order chi connectivity index (χ0) is 19.4. The Balaban J connectivity index is 1.53. The smallest absolute Gasteiger partial charge is 0.254 e. The van der Waals surface area contributed by atoms with Crippen LogP contribution in [0, 0.1) is 18.7 Å². The standard InChI is InChI=1S/C23H25FN2O2/c1-14-5-6-17(12-20(14)24)23(28)26-13-19(16-3-2-4-18(27)11-16)22-21(26)15-7-9-25(22)10-8-15/h2-6,11-12,15,19,21-22,27H,7-10,13H2,1H3/t19-,21+,22+/m1/s1. The number of aromatic hydroxyl groups is 1. The maximum absolute atomic E-state index is 14.1. The van der Waals surface area contributed by atoms with Gasteiger partial charge in [-0.2, -0.15) is 0 Å². The van der Waals surface area contributed by atoms with Crippen molar-refractivity contribution in [1.29, 1.82) is 0 Å². The second-order valence-electron chi connectivity index (χ2n) is 8.48. The molecule has 1 N–H and O–H groups in total. The summed E-state index contributed by atoms with van der Waals surface area (Å²) in [5.41, 5.74) is 2.05. The number of halogens is 1. The van der Waals surface area contributed by atoms with E-state index in [2.05, 4.69) is 4.90 Å². The lowest BCUT2D eigenvalue weighted by atomic mass is 9.75. The molecule has 4 nitrogen and oxygen atoms in total. The molecule has 1 amide bonds. The number of rotatable bonds is 2. The van der Waals surface area contributed by atoms with Gasteiger partial charge in [-0.05, 0) is 74.2 Å². The highest BCUT2D eigenvalue weighted by Crippen LogP contribution is 2.47. The van der Waals surface area contributed by atoms with Crippen LogP contribution in [0.15, 0.2) is 42.5 Å². The van der Waals surface area contributed by atoms with Crippen LogP contribution in [0.5, 0.6) is 5.75 Å². The monoisotopic (exact) mass is 380 g/mol. The molecule has 0 radical (unpaired) electrons. The van der Waals surface area contributed by atoms with Gasteiger partial charge < -0.3 is 10.0 Å². The van der Waals surface area contributed by atoms with Crippen LogP contribution in [0.25, 0.3) is 0 Å². The summed E-state index contributed by atoms with van der Waals surface area (Å²) in [4.78, 5) is 17.9. The van der Waals surface area contributed by atoms with Crippen molar-refractivity contribution in [3.05, 3.63) is 65.0 Å². The minimum Gasteiger partial charge on any atom is -0.508 e. The average molecular weight is 380 g/mol. The zero-order valence-electron chi connectivity index (χ0n) is 16.0. The first-order chi connectivity index (χ1) is 13.5. The van der Waals surface area contributed by atoms with Crippen molar-refractivity contribution in [2.45, 2.75) is 37.8 Å². The predicted octanol–water partition coefficient (Wildman–Crippen LogP) is 3.54. The number of fused-ring (bicyclic) bond motifs is 2. The summed E-state index contributed by atoms with van der Waals surface area (Å²) >= 11 is 0. The highest BCUT2D eigenvalue weighted by Gasteiger charge is 2.54. The van der Waals surface area contributed by atoms with Crippen LogP contribution < -0.4 is 0 Å². The molecule has 5 heteroatoms. The maximum atomic E-state index is 14.1. The first-order valence-electron chi connectivity index (χ1n) is 10.1. The average Bonchev–Trinajstić information content (AvgIpc) is 3.13. The van der Waals surface area contributed by atoms with Crippen LogP contribution in [0.3, 0.4) is 0 Å². The third-order valence-electron chi connectivity index (χ3n) is 6.97. The van der Waals surface area contributed by atoms with Crippen molar-refractivity contribution in [2.24, 2.45) is 5.92 Å². The minimum atomic E-state index is -0.333. The first kappa shape index (κ1) is 17.7. The Morgan fingerprint density at radius 1 is 1.11 bits per heavy atom. The number of phenols is 1. The molecular weight excluding hydrogens is 355 g/mol. The molecule has 4 aliphatic heterocycles. The molecule has 28 heavy (non-hydrogen) atoms. The highest BCUT2D eigenvalue weighted by molar-refractivity contribution is 5.95. The van der Waals surface area contributed by atoms with Gasteiger partial charge in [0.05, 0.1) is 6.04 Å². The lowest BCUT2D eigenvalue weighted by Crippen LogP contribution is -2.60. The quantitative estimate of drug-likeness (QED) is 0.867. The van der Waals surface area contributed by atoms with Gasteiger partial charge >= 0.3 is 0 Å². The first-order valence-corrected chi connectivity index (χ1v) is 10.1. The lowest BCUT2D eigenvalue weighted by molar-refractivity contribution is -0.00342. The SMILES string of the molecule is Cc1ccc(C(=O)N2C[C@H](c3cccc(O)c3)[C@H]3[C@@H]2C2CCN3CC2)cc1F. The largest absolute Gasteiger partial charge is 0.508 e. The lowest BCUT2D eigenvalue weighted by Gasteiger charge is -2.51. The van der Waals surface area contributed by atoms with Crippen molar-refractivity contribution >= 4 is 5.91 Å². The summed E-state index contributed by atoms with van der Waals surface area (Å²) in [6, 6.07) is 12.6. The molecule has 0 aromatic heterocycles. The van der Waals surface area contributed by atoms with Crippen LogP contribution in [-0.4, -0.2) is 52.5 Å². The number of likely N-dealkylation sites (tertiary alicyclic amines) is 1. The second-order valence-corrected chi connectivity index (χ2v) is 8.48. The number of hydrogen-bond donors (Lipinski definition) is 1. The number of aryl methyl sites for hydroxylation is 1. The Hall–Kier alpha value is -2.40. The molecule has 0 saturated carbocycles. The van der Waals surface area contributed by atoms with Crippen LogP contribution in [0.1, 0.15) is 40.2 Å². The van der Waals surface area contributed by atoms with E-state index in [4.69, 9.17) is 0 Å². The van der Waals surface area contributed by atoms with Gasteiger partial charge in [-0.15, -0.1) is 0 Å². The number of carbonyl (C=O) groups excluding carboxylic acids is 1. The third-order valence-corrected chi connectivity index (χ3v) is 6.97. The number of amides is 1. The minimum absolute atomic E-state index is 0.0784. The van der Waals surface area contributed by atoms with E-state index >= 15 is 0 Å². The van der Waals surface area contributed by atoms with Gasteiger partial charge in [0.2, 0.25) is 0 Å². The topological polar surface area (TPSA) is 43.8 Å². The van der Waals surface area contributed by atoms with Gasteiger partial charge in [0.1, 0.15) is 11.6 Å². The number of carbonyl (C=O) groups is 1. The molecule has 4 fully saturated rings. The maximum Gasteiger partial charge on any atom is 0.254 e. The summed E-state index contributed by atoms with van der Waals surface area (Å²) in [5, 5.41) is 9.98. The fraction of sp³-hybridized carbons (Fsp3) is 0.435. The molecule has 4 heterocycles. The molecule has 0 spiro atoms. The molecule has 0 unspecified atom stereocenters. The molecule has 146 valence electrons. The summed E-state index contributed by atoms with van der Waals surface area (Å²) in [7, 11) is 0. The summed E-state index contributed by atoms with van der Waals surface area (Å²) in [6.45, 7) is 4.46. The van der Waals surface area contributed by atoms with Gasteiger partial charge in [-0.25, -0.2) is 4.39 Å². The molecule has 3 atom stereocenters. The Kier molecular flexibility index (Phi) is 4.16. The molecular formula is C23H25FN2O2. The Labute approximate surface area is 164 Å². The van der Waals surface area contributed by atoms with Crippen molar-refractivity contribution < 1.29 is 14.3 Å². The van der Waals surface area contributed by atoms with Crippen LogP contribution in [0.2, 0.25) is 0 Å². The highest BCUT2D eigenvalue weighted by atomic mass is 19.1. The number of piperidine rings is 3. The van der Waals surface area contributed by atoms with E-state index in [-0.39, 0.29) is 35.5 Å². The number of benzene rings is 2. The van der Waals surface area contributed by atoms with Crippen LogP contribution in [0.4, 0.5) is 4.39 Å². The predicted molar refractivity (Wildman–Crippen MR) is 105 cm³/mol. The number of phenolic OH excluding ortho intramolecular Hbond substituents is 1. The van der Waals surface area contributed by atoms with E-state index in [9.17, 15) is 14.3 Å². The van der Waals surface area contributed by atoms with E-state index in [0.29, 0.717) is 23.6 Å². The summed E-state index contributed by atoms with van der Waals surface area (Å²) in [6.07, 6.45) is 2.22. The van der Waals surface area contributed by atoms with Crippen molar-refractivity contribution in [3.63, 3.8) is 0 Å². The molecule has 4 saturated heterocycles. The van der Waals surface area contributed by atoms with E-state index < -0.39 is 0 Å². The van der Waals surface area contributed by atoms with Crippen LogP contribution in [-0.2, 0) is 0 Å². The van der Waals surface area contributed by atoms with E-state index in [1.54, 1.807) is 25.1 Å². The fourth-order valence-electron chi connectivity index (χ4n) is 5.59. The fourth-order valence-corrected chi connectivity index (χ4v) is 5.59. The Morgan fingerprint density at radius 3 is 2.61 bits per heavy atom. The van der Waals surface area contributed by atoms with Gasteiger partial charge in [0.25, 0.3) is 5.91 Å². The second kappa shape index (κ2) is 6.59. The van der Waals surface area contributed by atoms with E-state index in [0.717, 1.165) is 31.5 Å². The molecule has 0 aliphatic carbocycles. The number of hydrogen-bond acceptors (Lipinski definition) is 3. The van der Waals surface area contributed by atoms with Gasteiger partial charge in [0.15, 0.2) is 0 Å². The molecule has 4 aliphatic rings. The molecule has 2 aromatic rings. The third kappa shape index (κ3) is 2.72. The van der Waals surface area contributed by atoms with E-state index in [1.807, 2.05) is 23.1 Å². The zero-order valence-corrected chi connectivity index (χ0v) is 16.0. The Bertz CT molecular complexity index is 923. The molecule has 2 aromatic carbocycles. The number of nitrogens with zero attached hydrogens (tertiary/aromatic N) is 2. The summed E-state index contributed by atoms with van der Waals surface area (Å²) in [5.74, 6) is 0.511. The van der Waals surface area contributed by atoms with Gasteiger partial charge in [-0.1, -0.05) is 18.2 Å². The Morgan fingerprint density at radius 2 is 1.89 bits per heavy atom. The molecule has 6 rings (SSSR count). The van der Waals surface area contributed by atoms with Crippen molar-refractivity contribution in [3.8, 4) is 5.75 Å². The van der Waals surface area contributed by atoms with Crippen molar-refractivity contribution in [2.75, 3.05) is 19.6 Å². The van der Waals surface area contributed by atoms with Crippen LogP contribution >= 0.6 is 0 Å². The van der Waals surface area contributed by atoms with E-state index in [1.165, 1.54) is 6.07 Å².